The minimum absolute atomic E-state index is 0.0498. The van der Waals surface area contributed by atoms with Gasteiger partial charge in [0.05, 0.1) is 24.3 Å². The molecule has 200 valence electrons. The molecule has 4 rings (SSSR count). The second kappa shape index (κ2) is 10.6. The van der Waals surface area contributed by atoms with Crippen molar-refractivity contribution in [2.45, 2.75) is 51.9 Å². The number of alkyl halides is 3. The van der Waals surface area contributed by atoms with Crippen molar-refractivity contribution >= 4 is 17.6 Å². The zero-order valence-corrected chi connectivity index (χ0v) is 21.0. The molecule has 1 aliphatic heterocycles. The maximum Gasteiger partial charge on any atom is 0.416 e. The molecule has 0 unspecified atom stereocenters. The largest absolute Gasteiger partial charge is 0.416 e. The van der Waals surface area contributed by atoms with E-state index in [4.69, 9.17) is 11.5 Å². The molecule has 1 atom stereocenters. The molecule has 4 N–H and O–H groups in total. The third-order valence-electron chi connectivity index (χ3n) is 6.67. The lowest BCUT2D eigenvalue weighted by molar-refractivity contribution is -0.137. The molecule has 9 nitrogen and oxygen atoms in total. The number of halogens is 3. The summed E-state index contributed by atoms with van der Waals surface area (Å²) in [7, 11) is 0. The maximum absolute atomic E-state index is 13.2. The molecule has 2 amide bonds. The van der Waals surface area contributed by atoms with Crippen molar-refractivity contribution in [3.8, 4) is 23.1 Å². The quantitative estimate of drug-likeness (QED) is 0.492. The molecule has 38 heavy (non-hydrogen) atoms. The van der Waals surface area contributed by atoms with Crippen LogP contribution in [0.1, 0.15) is 59.3 Å². The molecule has 0 bridgehead atoms. The normalized spacial score (nSPS) is 16.0. The van der Waals surface area contributed by atoms with Gasteiger partial charge >= 0.3 is 6.18 Å². The van der Waals surface area contributed by atoms with Crippen LogP contribution in [0, 0.1) is 18.8 Å². The zero-order chi connectivity index (χ0) is 27.6. The van der Waals surface area contributed by atoms with Crippen molar-refractivity contribution in [2.75, 3.05) is 18.8 Å². The fraction of sp³-hybridized carbons (Fsp3) is 0.385. The number of primary amides is 1. The molecule has 3 aromatic rings. The van der Waals surface area contributed by atoms with Gasteiger partial charge in [-0.1, -0.05) is 12.0 Å². The van der Waals surface area contributed by atoms with Crippen LogP contribution < -0.4 is 11.5 Å². The van der Waals surface area contributed by atoms with Crippen LogP contribution in [-0.2, 0) is 17.5 Å². The Morgan fingerprint density at radius 2 is 1.97 bits per heavy atom. The number of benzene rings is 1. The number of likely N-dealkylation sites (tertiary alicyclic amines) is 1. The molecular formula is C26H28F3N7O2. The average molecular weight is 528 g/mol. The molecule has 1 aliphatic rings. The molecule has 0 saturated carbocycles. The molecule has 12 heteroatoms. The van der Waals surface area contributed by atoms with Crippen molar-refractivity contribution < 1.29 is 22.8 Å². The van der Waals surface area contributed by atoms with E-state index >= 15 is 0 Å². The highest BCUT2D eigenvalue weighted by molar-refractivity contribution is 6.03. The van der Waals surface area contributed by atoms with Crippen molar-refractivity contribution in [1.29, 1.82) is 0 Å². The number of nitrogens with two attached hydrogens (primary N) is 2. The van der Waals surface area contributed by atoms with Gasteiger partial charge in [-0.25, -0.2) is 4.68 Å². The summed E-state index contributed by atoms with van der Waals surface area (Å²) in [5.41, 5.74) is 13.2. The van der Waals surface area contributed by atoms with Crippen LogP contribution in [-0.4, -0.2) is 49.4 Å². The number of aromatic nitrogens is 4. The third-order valence-corrected chi connectivity index (χ3v) is 6.67. The number of anilines is 1. The lowest BCUT2D eigenvalue weighted by Gasteiger charge is -2.18. The van der Waals surface area contributed by atoms with Gasteiger partial charge in [0.2, 0.25) is 0 Å². The van der Waals surface area contributed by atoms with Gasteiger partial charge in [0.1, 0.15) is 17.1 Å². The summed E-state index contributed by atoms with van der Waals surface area (Å²) < 4.78 is 42.6. The Labute approximate surface area is 217 Å². The van der Waals surface area contributed by atoms with E-state index in [1.54, 1.807) is 29.6 Å². The van der Waals surface area contributed by atoms with Crippen LogP contribution >= 0.6 is 0 Å². The summed E-state index contributed by atoms with van der Waals surface area (Å²) in [4.78, 5) is 26.2. The van der Waals surface area contributed by atoms with Crippen molar-refractivity contribution in [3.63, 3.8) is 0 Å². The van der Waals surface area contributed by atoms with Gasteiger partial charge in [-0.3, -0.25) is 14.3 Å². The molecule has 2 aromatic heterocycles. The molecular weight excluding hydrogens is 499 g/mol. The van der Waals surface area contributed by atoms with Crippen LogP contribution in [0.25, 0.3) is 11.3 Å². The van der Waals surface area contributed by atoms with Gasteiger partial charge in [-0.15, -0.1) is 0 Å². The molecule has 3 heterocycles. The monoisotopic (exact) mass is 527 g/mol. The predicted molar refractivity (Wildman–Crippen MR) is 135 cm³/mol. The van der Waals surface area contributed by atoms with E-state index in [1.165, 1.54) is 16.9 Å². The number of hydrogen-bond donors (Lipinski definition) is 2. The van der Waals surface area contributed by atoms with Crippen molar-refractivity contribution in [1.82, 2.24) is 24.5 Å². The first-order chi connectivity index (χ1) is 18.0. The van der Waals surface area contributed by atoms with Crippen LogP contribution in [0.5, 0.6) is 0 Å². The first-order valence-corrected chi connectivity index (χ1v) is 12.1. The summed E-state index contributed by atoms with van der Waals surface area (Å²) in [6, 6.07) is 3.40. The van der Waals surface area contributed by atoms with Crippen molar-refractivity contribution in [2.24, 2.45) is 5.73 Å². The third kappa shape index (κ3) is 5.51. The number of hydrogen-bond acceptors (Lipinski definition) is 5. The fourth-order valence-corrected chi connectivity index (χ4v) is 4.65. The number of amides is 2. The van der Waals surface area contributed by atoms with Crippen LogP contribution in [0.4, 0.5) is 19.0 Å². The maximum atomic E-state index is 13.2. The first kappa shape index (κ1) is 26.8. The van der Waals surface area contributed by atoms with E-state index in [1.807, 2.05) is 0 Å². The van der Waals surface area contributed by atoms with Gasteiger partial charge in [0.25, 0.3) is 11.8 Å². The Morgan fingerprint density at radius 1 is 1.21 bits per heavy atom. The molecule has 1 fully saturated rings. The number of nitrogen functional groups attached to an aromatic ring is 1. The fourth-order valence-electron chi connectivity index (χ4n) is 4.65. The average Bonchev–Trinajstić information content (AvgIpc) is 3.35. The van der Waals surface area contributed by atoms with Gasteiger partial charge < -0.3 is 16.4 Å². The molecule has 0 aliphatic carbocycles. The second-order valence-corrected chi connectivity index (χ2v) is 9.24. The Balaban J connectivity index is 1.61. The van der Waals surface area contributed by atoms with E-state index in [2.05, 4.69) is 22.0 Å². The Hall–Kier alpha value is -4.27. The highest BCUT2D eigenvalue weighted by atomic mass is 19.4. The summed E-state index contributed by atoms with van der Waals surface area (Å²) in [5.74, 6) is 4.31. The van der Waals surface area contributed by atoms with E-state index < -0.39 is 17.6 Å². The number of aryl methyl sites for hydroxylation is 1. The number of rotatable bonds is 5. The standard InChI is InChI=1S/C26H28F3N7O2/c1-3-5-21(37)34-10-4-6-20(9-11-34)36-24(30)22(25(31)38)23(33-36)18-13-32-35(15-18)14-17-12-19(26(27,28)29)8-7-16(17)2/h7-8,12-13,15,20H,4,6,9-11,14,30H2,1-2H3,(H2,31,38)/t20-/m0/s1. The van der Waals surface area contributed by atoms with E-state index in [-0.39, 0.29) is 35.6 Å². The zero-order valence-electron chi connectivity index (χ0n) is 21.0. The first-order valence-electron chi connectivity index (χ1n) is 12.1. The van der Waals surface area contributed by atoms with Gasteiger partial charge in [-0.05, 0) is 62.3 Å². The van der Waals surface area contributed by atoms with Crippen molar-refractivity contribution in [3.05, 3.63) is 52.8 Å². The van der Waals surface area contributed by atoms with Crippen LogP contribution in [0.3, 0.4) is 0 Å². The molecule has 0 spiro atoms. The van der Waals surface area contributed by atoms with Crippen LogP contribution in [0.2, 0.25) is 0 Å². The number of carbonyl (C=O) groups is 2. The summed E-state index contributed by atoms with van der Waals surface area (Å²) >= 11 is 0. The van der Waals surface area contributed by atoms with Gasteiger partial charge in [0, 0.05) is 24.8 Å². The summed E-state index contributed by atoms with van der Waals surface area (Å²) in [6.45, 7) is 4.45. The van der Waals surface area contributed by atoms with E-state index in [9.17, 15) is 22.8 Å². The highest BCUT2D eigenvalue weighted by Crippen LogP contribution is 2.33. The van der Waals surface area contributed by atoms with Gasteiger partial charge in [0.15, 0.2) is 0 Å². The molecule has 1 aromatic carbocycles. The Kier molecular flexibility index (Phi) is 7.48. The molecule has 1 saturated heterocycles. The Morgan fingerprint density at radius 3 is 2.66 bits per heavy atom. The predicted octanol–water partition coefficient (Wildman–Crippen LogP) is 3.38. The minimum atomic E-state index is -4.45. The summed E-state index contributed by atoms with van der Waals surface area (Å²) in [5, 5.41) is 8.89. The second-order valence-electron chi connectivity index (χ2n) is 9.24. The highest BCUT2D eigenvalue weighted by Gasteiger charge is 2.31. The molecule has 0 radical (unpaired) electrons. The summed E-state index contributed by atoms with van der Waals surface area (Å²) in [6.07, 6.45) is 0.560. The Bertz CT molecular complexity index is 1430. The number of nitrogens with zero attached hydrogens (tertiary/aromatic N) is 5. The van der Waals surface area contributed by atoms with E-state index in [0.717, 1.165) is 12.1 Å². The van der Waals surface area contributed by atoms with E-state index in [0.29, 0.717) is 49.0 Å². The SMILES string of the molecule is CC#CC(=O)N1CCC[C@H](n2nc(-c3cnn(Cc4cc(C(F)(F)F)ccc4C)c3)c(C(N)=O)c2N)CC1. The topological polar surface area (TPSA) is 125 Å². The number of carbonyl (C=O) groups excluding carboxylic acids is 2. The van der Waals surface area contributed by atoms with Crippen LogP contribution in [0.15, 0.2) is 30.6 Å². The smallest absolute Gasteiger partial charge is 0.383 e. The van der Waals surface area contributed by atoms with Gasteiger partial charge in [-0.2, -0.15) is 23.4 Å². The minimum Gasteiger partial charge on any atom is -0.383 e. The lowest BCUT2D eigenvalue weighted by Crippen LogP contribution is -2.31. The lowest BCUT2D eigenvalue weighted by atomic mass is 10.0.